The third-order valence-corrected chi connectivity index (χ3v) is 4.35. The monoisotopic (exact) mass is 273 g/mol. The first-order valence-corrected chi connectivity index (χ1v) is 6.87. The molecule has 0 spiro atoms. The average molecular weight is 273 g/mol. The molecule has 104 valence electrons. The second-order valence-corrected chi connectivity index (χ2v) is 5.59. The maximum absolute atomic E-state index is 14.2. The Labute approximate surface area is 117 Å². The van der Waals surface area contributed by atoms with Gasteiger partial charge in [0.2, 0.25) is 0 Å². The van der Waals surface area contributed by atoms with Crippen LogP contribution in [-0.4, -0.2) is 0 Å². The van der Waals surface area contributed by atoms with Crippen molar-refractivity contribution in [2.24, 2.45) is 5.73 Å². The Hall–Kier alpha value is -1.74. The molecule has 3 rings (SSSR count). The Balaban J connectivity index is 2.26. The van der Waals surface area contributed by atoms with Gasteiger partial charge in [-0.1, -0.05) is 37.3 Å². The summed E-state index contributed by atoms with van der Waals surface area (Å²) in [5.74, 6) is -0.786. The molecule has 2 unspecified atom stereocenters. The van der Waals surface area contributed by atoms with E-state index < -0.39 is 17.2 Å². The van der Waals surface area contributed by atoms with Crippen molar-refractivity contribution in [2.45, 2.75) is 31.2 Å². The molecule has 0 bridgehead atoms. The number of benzene rings is 2. The van der Waals surface area contributed by atoms with Crippen molar-refractivity contribution >= 4 is 0 Å². The molecule has 3 heteroatoms. The highest BCUT2D eigenvalue weighted by Crippen LogP contribution is 2.44. The highest BCUT2D eigenvalue weighted by atomic mass is 19.1. The molecular weight excluding hydrogens is 256 g/mol. The summed E-state index contributed by atoms with van der Waals surface area (Å²) in [6, 6.07) is 11.6. The minimum atomic E-state index is -1.08. The van der Waals surface area contributed by atoms with Gasteiger partial charge >= 0.3 is 0 Å². The lowest BCUT2D eigenvalue weighted by atomic mass is 9.69. The predicted octanol–water partition coefficient (Wildman–Crippen LogP) is 4.06. The van der Waals surface area contributed by atoms with Crippen molar-refractivity contribution in [3.05, 3.63) is 70.8 Å². The zero-order valence-corrected chi connectivity index (χ0v) is 11.4. The fourth-order valence-corrected chi connectivity index (χ4v) is 3.25. The van der Waals surface area contributed by atoms with E-state index in [0.29, 0.717) is 12.3 Å². The molecule has 1 aliphatic carbocycles. The number of rotatable bonds is 1. The molecule has 0 aliphatic heterocycles. The van der Waals surface area contributed by atoms with E-state index in [-0.39, 0.29) is 5.56 Å². The second kappa shape index (κ2) is 4.67. The predicted molar refractivity (Wildman–Crippen MR) is 75.4 cm³/mol. The van der Waals surface area contributed by atoms with Gasteiger partial charge in [-0.3, -0.25) is 0 Å². The van der Waals surface area contributed by atoms with Gasteiger partial charge in [0, 0.05) is 5.56 Å². The van der Waals surface area contributed by atoms with Crippen molar-refractivity contribution in [1.29, 1.82) is 0 Å². The normalized spacial score (nSPS) is 25.3. The van der Waals surface area contributed by atoms with Crippen LogP contribution in [0.4, 0.5) is 8.78 Å². The van der Waals surface area contributed by atoms with E-state index in [1.54, 1.807) is 0 Å². The van der Waals surface area contributed by atoms with Crippen molar-refractivity contribution in [3.8, 4) is 0 Å². The van der Waals surface area contributed by atoms with Gasteiger partial charge in [-0.15, -0.1) is 0 Å². The number of hydrogen-bond acceptors (Lipinski definition) is 1. The molecule has 0 amide bonds. The number of hydrogen-bond donors (Lipinski definition) is 1. The summed E-state index contributed by atoms with van der Waals surface area (Å²) in [6.07, 6.45) is 1.37. The summed E-state index contributed by atoms with van der Waals surface area (Å²) in [6.45, 7) is 2.12. The molecule has 1 nitrogen and oxygen atoms in total. The van der Waals surface area contributed by atoms with Crippen LogP contribution in [0.5, 0.6) is 0 Å². The van der Waals surface area contributed by atoms with Gasteiger partial charge in [0.25, 0.3) is 0 Å². The largest absolute Gasteiger partial charge is 0.318 e. The van der Waals surface area contributed by atoms with Gasteiger partial charge in [-0.25, -0.2) is 8.78 Å². The fraction of sp³-hybridized carbons (Fsp3) is 0.294. The smallest absolute Gasteiger partial charge is 0.131 e. The minimum absolute atomic E-state index is 0.0145. The lowest BCUT2D eigenvalue weighted by molar-refractivity contribution is 0.378. The topological polar surface area (TPSA) is 26.0 Å². The fourth-order valence-electron chi connectivity index (χ4n) is 3.25. The van der Waals surface area contributed by atoms with Crippen LogP contribution in [0.1, 0.15) is 42.4 Å². The molecule has 2 atom stereocenters. The van der Waals surface area contributed by atoms with Crippen LogP contribution in [0.2, 0.25) is 0 Å². The van der Waals surface area contributed by atoms with E-state index in [1.165, 1.54) is 18.2 Å². The van der Waals surface area contributed by atoms with Crippen LogP contribution < -0.4 is 5.73 Å². The molecule has 20 heavy (non-hydrogen) atoms. The number of nitrogens with two attached hydrogens (primary N) is 1. The highest BCUT2D eigenvalue weighted by Gasteiger charge is 2.40. The molecule has 0 saturated heterocycles. The highest BCUT2D eigenvalue weighted by molar-refractivity contribution is 5.46. The molecule has 0 fully saturated rings. The summed E-state index contributed by atoms with van der Waals surface area (Å²) >= 11 is 0. The Morgan fingerprint density at radius 1 is 1.05 bits per heavy atom. The maximum atomic E-state index is 14.2. The van der Waals surface area contributed by atoms with Crippen LogP contribution >= 0.6 is 0 Å². The quantitative estimate of drug-likeness (QED) is 0.833. The summed E-state index contributed by atoms with van der Waals surface area (Å²) in [5.41, 5.74) is 7.30. The molecule has 2 aromatic rings. The summed E-state index contributed by atoms with van der Waals surface area (Å²) in [4.78, 5) is 0. The van der Waals surface area contributed by atoms with Gasteiger partial charge in [0.05, 0.1) is 5.54 Å². The summed E-state index contributed by atoms with van der Waals surface area (Å²) in [7, 11) is 0. The van der Waals surface area contributed by atoms with Gasteiger partial charge in [-0.2, -0.15) is 0 Å². The first-order valence-electron chi connectivity index (χ1n) is 6.87. The first-order chi connectivity index (χ1) is 9.54. The molecule has 1 aliphatic rings. The average Bonchev–Trinajstić information content (AvgIpc) is 2.43. The van der Waals surface area contributed by atoms with Crippen molar-refractivity contribution in [1.82, 2.24) is 0 Å². The molecular formula is C17H17F2N. The molecule has 0 saturated carbocycles. The Morgan fingerprint density at radius 2 is 1.70 bits per heavy atom. The van der Waals surface area contributed by atoms with Gasteiger partial charge in [0.15, 0.2) is 0 Å². The van der Waals surface area contributed by atoms with Crippen LogP contribution in [0, 0.1) is 11.6 Å². The molecule has 0 radical (unpaired) electrons. The van der Waals surface area contributed by atoms with Gasteiger partial charge in [-0.05, 0) is 42.0 Å². The Bertz CT molecular complexity index is 633. The van der Waals surface area contributed by atoms with E-state index in [1.807, 2.05) is 24.3 Å². The first kappa shape index (κ1) is 13.3. The Kier molecular flexibility index (Phi) is 3.09. The molecule has 0 aromatic heterocycles. The summed E-state index contributed by atoms with van der Waals surface area (Å²) < 4.78 is 28.3. The van der Waals surface area contributed by atoms with Crippen molar-refractivity contribution in [3.63, 3.8) is 0 Å². The standard InChI is InChI=1S/C17H17F2N/c1-11-9-10-17(20,13-6-3-2-5-12(11)13)16-14(18)7-4-8-15(16)19/h2-8,11H,9-10,20H2,1H3. The van der Waals surface area contributed by atoms with E-state index in [0.717, 1.165) is 17.5 Å². The number of fused-ring (bicyclic) bond motifs is 1. The molecule has 2 aromatic carbocycles. The van der Waals surface area contributed by atoms with Crippen LogP contribution in [0.3, 0.4) is 0 Å². The molecule has 2 N–H and O–H groups in total. The van der Waals surface area contributed by atoms with Crippen molar-refractivity contribution < 1.29 is 8.78 Å². The SMILES string of the molecule is CC1CCC(N)(c2c(F)cccc2F)c2ccccc21. The minimum Gasteiger partial charge on any atom is -0.318 e. The van der Waals surface area contributed by atoms with Crippen LogP contribution in [0.15, 0.2) is 42.5 Å². The van der Waals surface area contributed by atoms with Crippen LogP contribution in [-0.2, 0) is 5.54 Å². The molecule has 0 heterocycles. The zero-order valence-electron chi connectivity index (χ0n) is 11.4. The van der Waals surface area contributed by atoms with Crippen LogP contribution in [0.25, 0.3) is 0 Å². The number of halogens is 2. The van der Waals surface area contributed by atoms with E-state index >= 15 is 0 Å². The zero-order chi connectivity index (χ0) is 14.3. The lowest BCUT2D eigenvalue weighted by Gasteiger charge is -2.39. The third kappa shape index (κ3) is 1.85. The van der Waals surface area contributed by atoms with Gasteiger partial charge in [0.1, 0.15) is 11.6 Å². The second-order valence-electron chi connectivity index (χ2n) is 5.59. The van der Waals surface area contributed by atoms with Crippen molar-refractivity contribution in [2.75, 3.05) is 0 Å². The maximum Gasteiger partial charge on any atom is 0.131 e. The van der Waals surface area contributed by atoms with E-state index in [4.69, 9.17) is 5.73 Å². The van der Waals surface area contributed by atoms with E-state index in [2.05, 4.69) is 6.92 Å². The third-order valence-electron chi connectivity index (χ3n) is 4.35. The Morgan fingerprint density at radius 3 is 2.40 bits per heavy atom. The lowest BCUT2D eigenvalue weighted by Crippen LogP contribution is -2.43. The van der Waals surface area contributed by atoms with E-state index in [9.17, 15) is 8.78 Å². The van der Waals surface area contributed by atoms with Gasteiger partial charge < -0.3 is 5.73 Å². The summed E-state index contributed by atoms with van der Waals surface area (Å²) in [5, 5.41) is 0.